The molecule has 0 radical (unpaired) electrons. The van der Waals surface area contributed by atoms with Crippen LogP contribution in [0.25, 0.3) is 10.9 Å². The SMILES string of the molecule is O=C(COC(=O)CCc1ccc2ccccc2n1)Nc1ccc(S(=O)(=O)C(F)F)cc1. The lowest BCUT2D eigenvalue weighted by Gasteiger charge is -2.08. The standard InChI is InChI=1S/C21H18F2N2O5S/c22-21(23)31(28,29)17-10-7-16(8-11-17)25-19(26)13-30-20(27)12-9-15-6-5-14-3-1-2-4-18(14)24-15/h1-8,10-11,21H,9,12-13H2,(H,25,26). The number of aryl methyl sites for hydroxylation is 1. The quantitative estimate of drug-likeness (QED) is 0.530. The number of rotatable bonds is 8. The van der Waals surface area contributed by atoms with Crippen LogP contribution >= 0.6 is 0 Å². The van der Waals surface area contributed by atoms with Crippen molar-refractivity contribution in [3.05, 3.63) is 66.4 Å². The van der Waals surface area contributed by atoms with Crippen molar-refractivity contribution in [2.75, 3.05) is 11.9 Å². The molecule has 7 nitrogen and oxygen atoms in total. The number of carbonyl (C=O) groups is 2. The lowest BCUT2D eigenvalue weighted by Crippen LogP contribution is -2.21. The van der Waals surface area contributed by atoms with Gasteiger partial charge in [0, 0.05) is 23.2 Å². The summed E-state index contributed by atoms with van der Waals surface area (Å²) in [4.78, 5) is 27.7. The van der Waals surface area contributed by atoms with Crippen molar-refractivity contribution < 1.29 is 31.5 Å². The van der Waals surface area contributed by atoms with E-state index in [0.29, 0.717) is 6.42 Å². The summed E-state index contributed by atoms with van der Waals surface area (Å²) >= 11 is 0. The van der Waals surface area contributed by atoms with Crippen LogP contribution in [0.15, 0.2) is 65.6 Å². The van der Waals surface area contributed by atoms with E-state index >= 15 is 0 Å². The third kappa shape index (κ3) is 5.82. The second-order valence-electron chi connectivity index (χ2n) is 6.53. The molecule has 0 aliphatic rings. The summed E-state index contributed by atoms with van der Waals surface area (Å²) in [6.07, 6.45) is 0.393. The normalized spacial score (nSPS) is 11.5. The molecule has 162 valence electrons. The number of anilines is 1. The number of fused-ring (bicyclic) bond motifs is 1. The fraction of sp³-hybridized carbons (Fsp3) is 0.190. The van der Waals surface area contributed by atoms with Gasteiger partial charge in [-0.2, -0.15) is 8.78 Å². The molecule has 0 unspecified atom stereocenters. The van der Waals surface area contributed by atoms with Crippen molar-refractivity contribution >= 4 is 38.3 Å². The van der Waals surface area contributed by atoms with Crippen LogP contribution in [-0.4, -0.2) is 37.6 Å². The molecule has 10 heteroatoms. The first-order chi connectivity index (χ1) is 14.8. The largest absolute Gasteiger partial charge is 0.456 e. The van der Waals surface area contributed by atoms with Gasteiger partial charge in [-0.25, -0.2) is 8.42 Å². The Morgan fingerprint density at radius 3 is 2.42 bits per heavy atom. The highest BCUT2D eigenvalue weighted by atomic mass is 32.2. The topological polar surface area (TPSA) is 102 Å². The van der Waals surface area contributed by atoms with Crippen LogP contribution in [0.4, 0.5) is 14.5 Å². The van der Waals surface area contributed by atoms with Crippen molar-refractivity contribution in [2.45, 2.75) is 23.5 Å². The Labute approximate surface area is 177 Å². The molecule has 3 rings (SSSR count). The van der Waals surface area contributed by atoms with E-state index in [-0.39, 0.29) is 12.1 Å². The van der Waals surface area contributed by atoms with E-state index in [2.05, 4.69) is 10.3 Å². The van der Waals surface area contributed by atoms with Crippen LogP contribution in [0.1, 0.15) is 12.1 Å². The van der Waals surface area contributed by atoms with E-state index < -0.39 is 39.0 Å². The number of pyridine rings is 1. The van der Waals surface area contributed by atoms with E-state index in [1.807, 2.05) is 36.4 Å². The Morgan fingerprint density at radius 1 is 1.00 bits per heavy atom. The molecule has 1 aromatic heterocycles. The molecule has 0 aliphatic heterocycles. The van der Waals surface area contributed by atoms with Gasteiger partial charge in [0.25, 0.3) is 5.91 Å². The molecule has 0 bridgehead atoms. The summed E-state index contributed by atoms with van der Waals surface area (Å²) in [6.45, 7) is -0.541. The first kappa shape index (κ1) is 22.3. The highest BCUT2D eigenvalue weighted by molar-refractivity contribution is 7.91. The maximum atomic E-state index is 12.5. The summed E-state index contributed by atoms with van der Waals surface area (Å²) < 4.78 is 52.7. The Morgan fingerprint density at radius 2 is 1.71 bits per heavy atom. The first-order valence-electron chi connectivity index (χ1n) is 9.18. The number of hydrogen-bond acceptors (Lipinski definition) is 6. The summed E-state index contributed by atoms with van der Waals surface area (Å²) in [6, 6.07) is 15.6. The van der Waals surface area contributed by atoms with Crippen LogP contribution in [0, 0.1) is 0 Å². The highest BCUT2D eigenvalue weighted by Gasteiger charge is 2.26. The van der Waals surface area contributed by atoms with Gasteiger partial charge in [-0.3, -0.25) is 14.6 Å². The van der Waals surface area contributed by atoms with Gasteiger partial charge in [-0.15, -0.1) is 0 Å². The number of sulfone groups is 1. The van der Waals surface area contributed by atoms with Gasteiger partial charge in [-0.05, 0) is 36.4 Å². The highest BCUT2D eigenvalue weighted by Crippen LogP contribution is 2.20. The van der Waals surface area contributed by atoms with Gasteiger partial charge in [0.2, 0.25) is 9.84 Å². The van der Waals surface area contributed by atoms with Gasteiger partial charge in [0.1, 0.15) is 0 Å². The van der Waals surface area contributed by atoms with Crippen molar-refractivity contribution in [1.29, 1.82) is 0 Å². The number of ether oxygens (including phenoxy) is 1. The fourth-order valence-corrected chi connectivity index (χ4v) is 3.44. The summed E-state index contributed by atoms with van der Waals surface area (Å²) in [5.74, 6) is -4.76. The van der Waals surface area contributed by atoms with Crippen LogP contribution in [-0.2, 0) is 30.6 Å². The third-order valence-electron chi connectivity index (χ3n) is 4.31. The zero-order valence-corrected chi connectivity index (χ0v) is 16.9. The molecule has 3 aromatic rings. The fourth-order valence-electron chi connectivity index (χ4n) is 2.72. The molecule has 0 aliphatic carbocycles. The number of alkyl halides is 2. The Bertz CT molecular complexity index is 1200. The minimum absolute atomic E-state index is 0.0405. The number of benzene rings is 2. The number of nitrogens with zero attached hydrogens (tertiary/aromatic N) is 1. The van der Waals surface area contributed by atoms with Crippen molar-refractivity contribution in [3.8, 4) is 0 Å². The van der Waals surface area contributed by atoms with Gasteiger partial charge in [0.15, 0.2) is 6.61 Å². The first-order valence-corrected chi connectivity index (χ1v) is 10.7. The Kier molecular flexibility index (Phi) is 6.91. The molecule has 0 saturated heterocycles. The van der Waals surface area contributed by atoms with Gasteiger partial charge in [-0.1, -0.05) is 24.3 Å². The number of amides is 1. The van der Waals surface area contributed by atoms with Crippen LogP contribution in [0.2, 0.25) is 0 Å². The number of nitrogens with one attached hydrogen (secondary N) is 1. The number of aromatic nitrogens is 1. The van der Waals surface area contributed by atoms with Crippen LogP contribution in [0.3, 0.4) is 0 Å². The van der Waals surface area contributed by atoms with Crippen molar-refractivity contribution in [2.24, 2.45) is 0 Å². The lowest BCUT2D eigenvalue weighted by molar-refractivity contribution is -0.147. The van der Waals surface area contributed by atoms with E-state index in [1.165, 1.54) is 12.1 Å². The van der Waals surface area contributed by atoms with Crippen LogP contribution in [0.5, 0.6) is 0 Å². The minimum atomic E-state index is -4.71. The summed E-state index contributed by atoms with van der Waals surface area (Å²) in [5, 5.41) is 3.38. The zero-order valence-electron chi connectivity index (χ0n) is 16.1. The molecular weight excluding hydrogens is 430 g/mol. The van der Waals surface area contributed by atoms with Crippen molar-refractivity contribution in [3.63, 3.8) is 0 Å². The molecule has 0 atom stereocenters. The molecular formula is C21H18F2N2O5S. The number of hydrogen-bond donors (Lipinski definition) is 1. The molecule has 1 amide bonds. The van der Waals surface area contributed by atoms with E-state index in [0.717, 1.165) is 28.7 Å². The molecule has 1 heterocycles. The van der Waals surface area contributed by atoms with Gasteiger partial charge in [0.05, 0.1) is 16.8 Å². The second kappa shape index (κ2) is 9.61. The predicted octanol–water partition coefficient (Wildman–Crippen LogP) is 3.35. The average Bonchev–Trinajstić information content (AvgIpc) is 2.76. The Hall–Kier alpha value is -3.40. The van der Waals surface area contributed by atoms with E-state index in [9.17, 15) is 26.8 Å². The molecule has 31 heavy (non-hydrogen) atoms. The van der Waals surface area contributed by atoms with Crippen molar-refractivity contribution in [1.82, 2.24) is 4.98 Å². The molecule has 2 aromatic carbocycles. The van der Waals surface area contributed by atoms with Gasteiger partial charge >= 0.3 is 11.7 Å². The number of halogens is 2. The average molecular weight is 448 g/mol. The maximum absolute atomic E-state index is 12.5. The number of carbonyl (C=O) groups excluding carboxylic acids is 2. The summed E-state index contributed by atoms with van der Waals surface area (Å²) in [5.41, 5.74) is 1.72. The second-order valence-corrected chi connectivity index (χ2v) is 8.45. The monoisotopic (exact) mass is 448 g/mol. The summed E-state index contributed by atoms with van der Waals surface area (Å²) in [7, 11) is -4.71. The van der Waals surface area contributed by atoms with Gasteiger partial charge < -0.3 is 10.1 Å². The van der Waals surface area contributed by atoms with E-state index in [4.69, 9.17) is 4.74 Å². The number of esters is 1. The smallest absolute Gasteiger partial charge is 0.341 e. The van der Waals surface area contributed by atoms with Crippen LogP contribution < -0.4 is 5.32 Å². The molecule has 1 N–H and O–H groups in total. The number of para-hydroxylation sites is 1. The molecule has 0 spiro atoms. The third-order valence-corrected chi connectivity index (χ3v) is 5.71. The maximum Gasteiger partial charge on any atom is 0.341 e. The Balaban J connectivity index is 1.46. The minimum Gasteiger partial charge on any atom is -0.456 e. The molecule has 0 fully saturated rings. The van der Waals surface area contributed by atoms with E-state index in [1.54, 1.807) is 0 Å². The lowest BCUT2D eigenvalue weighted by atomic mass is 10.1. The zero-order chi connectivity index (χ0) is 22.4. The molecule has 0 saturated carbocycles. The predicted molar refractivity (Wildman–Crippen MR) is 109 cm³/mol.